The van der Waals surface area contributed by atoms with E-state index in [-0.39, 0.29) is 17.5 Å². The van der Waals surface area contributed by atoms with Crippen LogP contribution in [0.4, 0.5) is 5.69 Å². The van der Waals surface area contributed by atoms with Gasteiger partial charge in [-0.1, -0.05) is 31.9 Å². The molecule has 2 aromatic carbocycles. The van der Waals surface area contributed by atoms with Gasteiger partial charge in [-0.3, -0.25) is 4.79 Å². The van der Waals surface area contributed by atoms with Crippen LogP contribution in [0.15, 0.2) is 47.3 Å². The molecular formula is C24H27ClIN3O5. The first-order chi connectivity index (χ1) is 16.3. The van der Waals surface area contributed by atoms with E-state index in [1.807, 2.05) is 19.9 Å². The summed E-state index contributed by atoms with van der Waals surface area (Å²) in [6, 6.07) is 11.2. The molecule has 3 N–H and O–H groups in total. The normalized spacial score (nSPS) is 12.9. The molecular weight excluding hydrogens is 573 g/mol. The number of amides is 1. The monoisotopic (exact) mass is 599 g/mol. The van der Waals surface area contributed by atoms with Gasteiger partial charge in [-0.25, -0.2) is 9.36 Å². The van der Waals surface area contributed by atoms with Crippen molar-refractivity contribution < 1.29 is 19.4 Å². The van der Waals surface area contributed by atoms with E-state index in [9.17, 15) is 14.7 Å². The standard InChI is InChI=1S/C24H27ClIN3O5/c1-4-14(2)21(22(30)27-19-10-7-16(26)13-18(19)25)29-23(31)20(28-24(29)32)15-5-8-17(9-6-15)34-12-11-33-3/h5-10,13-14,21,31H,4,11-12H2,1-3H3,(H,27,30)(H,28,32)/t14-,21-/m0/s1. The van der Waals surface area contributed by atoms with Gasteiger partial charge in [0.05, 0.1) is 17.3 Å². The SMILES string of the molecule is CC[C@H](C)[C@@H](C(=O)Nc1ccc(I)cc1Cl)n1c(O)c(-c2ccc(OCCOC)cc2)[nH]c1=O. The Hall–Kier alpha value is -2.50. The predicted molar refractivity (Wildman–Crippen MR) is 141 cm³/mol. The number of rotatable bonds is 10. The number of hydrogen-bond donors (Lipinski definition) is 3. The Morgan fingerprint density at radius 2 is 1.94 bits per heavy atom. The van der Waals surface area contributed by atoms with Crippen molar-refractivity contribution >= 4 is 45.8 Å². The molecule has 34 heavy (non-hydrogen) atoms. The Morgan fingerprint density at radius 3 is 2.56 bits per heavy atom. The van der Waals surface area contributed by atoms with Crippen molar-refractivity contribution in [1.82, 2.24) is 9.55 Å². The quantitative estimate of drug-likeness (QED) is 0.223. The summed E-state index contributed by atoms with van der Waals surface area (Å²) in [5.74, 6) is -0.366. The van der Waals surface area contributed by atoms with E-state index < -0.39 is 17.6 Å². The zero-order valence-corrected chi connectivity index (χ0v) is 22.0. The summed E-state index contributed by atoms with van der Waals surface area (Å²) in [6.07, 6.45) is 0.610. The van der Waals surface area contributed by atoms with Crippen molar-refractivity contribution in [3.8, 4) is 22.9 Å². The highest BCUT2D eigenvalue weighted by atomic mass is 127. The number of H-pyrrole nitrogens is 1. The summed E-state index contributed by atoms with van der Waals surface area (Å²) in [5.41, 5.74) is 0.660. The fourth-order valence-corrected chi connectivity index (χ4v) is 4.41. The highest BCUT2D eigenvalue weighted by molar-refractivity contribution is 14.1. The molecule has 0 saturated heterocycles. The van der Waals surface area contributed by atoms with E-state index in [0.29, 0.717) is 41.7 Å². The van der Waals surface area contributed by atoms with Gasteiger partial charge in [0.25, 0.3) is 0 Å². The van der Waals surface area contributed by atoms with Crippen LogP contribution in [0.25, 0.3) is 11.3 Å². The van der Waals surface area contributed by atoms with Gasteiger partial charge in [-0.2, -0.15) is 0 Å². The van der Waals surface area contributed by atoms with Gasteiger partial charge in [0.2, 0.25) is 11.8 Å². The molecule has 0 aliphatic carbocycles. The molecule has 0 spiro atoms. The molecule has 1 amide bonds. The molecule has 0 unspecified atom stereocenters. The Labute approximate surface area is 216 Å². The van der Waals surface area contributed by atoms with Crippen LogP contribution in [0, 0.1) is 9.49 Å². The minimum atomic E-state index is -0.950. The van der Waals surface area contributed by atoms with E-state index in [2.05, 4.69) is 32.9 Å². The van der Waals surface area contributed by atoms with Crippen molar-refractivity contribution in [2.75, 3.05) is 25.6 Å². The lowest BCUT2D eigenvalue weighted by Crippen LogP contribution is -2.36. The lowest BCUT2D eigenvalue weighted by Gasteiger charge is -2.24. The number of imidazole rings is 1. The van der Waals surface area contributed by atoms with Crippen LogP contribution in [-0.4, -0.2) is 40.9 Å². The van der Waals surface area contributed by atoms with E-state index in [0.717, 1.165) is 8.14 Å². The van der Waals surface area contributed by atoms with Gasteiger partial charge < -0.3 is 24.9 Å². The molecule has 10 heteroatoms. The van der Waals surface area contributed by atoms with Gasteiger partial charge in [-0.15, -0.1) is 0 Å². The summed E-state index contributed by atoms with van der Waals surface area (Å²) in [7, 11) is 1.60. The van der Waals surface area contributed by atoms with Crippen molar-refractivity contribution in [1.29, 1.82) is 0 Å². The lowest BCUT2D eigenvalue weighted by atomic mass is 9.98. The topological polar surface area (TPSA) is 106 Å². The molecule has 0 aliphatic rings. The van der Waals surface area contributed by atoms with E-state index in [4.69, 9.17) is 21.1 Å². The van der Waals surface area contributed by atoms with Gasteiger partial charge in [-0.05, 0) is 71.0 Å². The summed E-state index contributed by atoms with van der Waals surface area (Å²) < 4.78 is 12.6. The number of nitrogens with one attached hydrogen (secondary N) is 2. The summed E-state index contributed by atoms with van der Waals surface area (Å²) >= 11 is 8.41. The second kappa shape index (κ2) is 11.8. The summed E-state index contributed by atoms with van der Waals surface area (Å²) in [5, 5.41) is 14.2. The van der Waals surface area contributed by atoms with Crippen LogP contribution in [-0.2, 0) is 9.53 Å². The number of aromatic amines is 1. The first-order valence-corrected chi connectivity index (χ1v) is 12.2. The lowest BCUT2D eigenvalue weighted by molar-refractivity contribution is -0.120. The molecule has 1 heterocycles. The van der Waals surface area contributed by atoms with Crippen LogP contribution in [0.3, 0.4) is 0 Å². The van der Waals surface area contributed by atoms with Gasteiger partial charge in [0.1, 0.15) is 24.1 Å². The maximum absolute atomic E-state index is 13.3. The average molecular weight is 600 g/mol. The third-order valence-electron chi connectivity index (χ3n) is 5.52. The number of hydrogen-bond acceptors (Lipinski definition) is 5. The fourth-order valence-electron chi connectivity index (χ4n) is 3.51. The van der Waals surface area contributed by atoms with Crippen molar-refractivity contribution in [3.63, 3.8) is 0 Å². The molecule has 182 valence electrons. The number of carbonyl (C=O) groups is 1. The number of benzene rings is 2. The molecule has 2 atom stereocenters. The largest absolute Gasteiger partial charge is 0.493 e. The third-order valence-corrected chi connectivity index (χ3v) is 6.50. The average Bonchev–Trinajstić information content (AvgIpc) is 3.10. The number of carbonyl (C=O) groups excluding carboxylic acids is 1. The van der Waals surface area contributed by atoms with Crippen molar-refractivity contribution in [2.45, 2.75) is 26.3 Å². The Kier molecular flexibility index (Phi) is 9.03. The predicted octanol–water partition coefficient (Wildman–Crippen LogP) is 5.06. The van der Waals surface area contributed by atoms with Gasteiger partial charge >= 0.3 is 5.69 Å². The maximum atomic E-state index is 13.3. The Morgan fingerprint density at radius 1 is 1.24 bits per heavy atom. The van der Waals surface area contributed by atoms with Gasteiger partial charge in [0, 0.05) is 16.2 Å². The fraction of sp³-hybridized carbons (Fsp3) is 0.333. The molecule has 0 radical (unpaired) electrons. The van der Waals surface area contributed by atoms with Crippen LogP contribution in [0.1, 0.15) is 26.3 Å². The molecule has 3 aromatic rings. The number of halogens is 2. The highest BCUT2D eigenvalue weighted by Gasteiger charge is 2.32. The third kappa shape index (κ3) is 5.94. The number of aromatic nitrogens is 2. The van der Waals surface area contributed by atoms with Crippen LogP contribution in [0.2, 0.25) is 5.02 Å². The van der Waals surface area contributed by atoms with E-state index >= 15 is 0 Å². The minimum Gasteiger partial charge on any atom is -0.493 e. The maximum Gasteiger partial charge on any atom is 0.329 e. The Bertz CT molecular complexity index is 1190. The molecule has 3 rings (SSSR count). The molecule has 0 fully saturated rings. The van der Waals surface area contributed by atoms with Crippen molar-refractivity contribution in [2.24, 2.45) is 5.92 Å². The smallest absolute Gasteiger partial charge is 0.329 e. The molecule has 1 aromatic heterocycles. The Balaban J connectivity index is 1.92. The molecule has 8 nitrogen and oxygen atoms in total. The zero-order chi connectivity index (χ0) is 24.8. The van der Waals surface area contributed by atoms with Crippen LogP contribution in [0.5, 0.6) is 11.6 Å². The first-order valence-electron chi connectivity index (χ1n) is 10.8. The highest BCUT2D eigenvalue weighted by Crippen LogP contribution is 2.33. The number of ether oxygens (including phenoxy) is 2. The molecule has 0 aliphatic heterocycles. The first kappa shape index (κ1) is 26.1. The van der Waals surface area contributed by atoms with E-state index in [1.165, 1.54) is 0 Å². The number of nitrogens with zero attached hydrogens (tertiary/aromatic N) is 1. The second-order valence-corrected chi connectivity index (χ2v) is 9.46. The van der Waals surface area contributed by atoms with Crippen LogP contribution < -0.4 is 15.7 Å². The minimum absolute atomic E-state index is 0.224. The second-order valence-electron chi connectivity index (χ2n) is 7.81. The number of methoxy groups -OCH3 is 1. The van der Waals surface area contributed by atoms with Crippen molar-refractivity contribution in [3.05, 3.63) is 61.5 Å². The molecule has 0 saturated carbocycles. The molecule has 0 bridgehead atoms. The number of aromatic hydroxyl groups is 1. The van der Waals surface area contributed by atoms with Crippen LogP contribution >= 0.6 is 34.2 Å². The summed E-state index contributed by atoms with van der Waals surface area (Å²) in [4.78, 5) is 28.9. The van der Waals surface area contributed by atoms with E-state index in [1.54, 1.807) is 43.5 Å². The summed E-state index contributed by atoms with van der Waals surface area (Å²) in [6.45, 7) is 4.64. The van der Waals surface area contributed by atoms with Gasteiger partial charge in [0.15, 0.2) is 0 Å². The zero-order valence-electron chi connectivity index (χ0n) is 19.1. The number of anilines is 1.